The molecule has 0 atom stereocenters. The van der Waals surface area contributed by atoms with Crippen LogP contribution in [0.3, 0.4) is 0 Å². The number of aryl methyl sites for hydroxylation is 2. The van der Waals surface area contributed by atoms with Crippen molar-refractivity contribution >= 4 is 16.2 Å². The first-order valence-electron chi connectivity index (χ1n) is 7.40. The summed E-state index contributed by atoms with van der Waals surface area (Å²) in [5, 5.41) is 4.14. The van der Waals surface area contributed by atoms with Crippen molar-refractivity contribution < 1.29 is 8.42 Å². The van der Waals surface area contributed by atoms with Crippen LogP contribution in [-0.2, 0) is 17.1 Å². The van der Waals surface area contributed by atoms with E-state index in [-0.39, 0.29) is 4.90 Å². The lowest BCUT2D eigenvalue weighted by Crippen LogP contribution is -1.97. The van der Waals surface area contributed by atoms with E-state index in [2.05, 4.69) is 9.50 Å². The summed E-state index contributed by atoms with van der Waals surface area (Å²) in [7, 11) is -1.85. The highest BCUT2D eigenvalue weighted by molar-refractivity contribution is 7.90. The van der Waals surface area contributed by atoms with Gasteiger partial charge in [-0.3, -0.25) is 4.68 Å². The number of rotatable bonds is 4. The van der Waals surface area contributed by atoms with Gasteiger partial charge in [-0.05, 0) is 36.2 Å². The Bertz CT molecular complexity index is 987. The first-order chi connectivity index (χ1) is 11.4. The van der Waals surface area contributed by atoms with Crippen LogP contribution in [-0.4, -0.2) is 24.4 Å². The van der Waals surface area contributed by atoms with Crippen LogP contribution in [0.5, 0.6) is 0 Å². The van der Waals surface area contributed by atoms with Gasteiger partial charge in [0.25, 0.3) is 10.0 Å². The lowest BCUT2D eigenvalue weighted by molar-refractivity contribution is 0.598. The molecule has 3 rings (SSSR count). The molecule has 2 aromatic carbocycles. The monoisotopic (exact) mass is 339 g/mol. The molecule has 0 bridgehead atoms. The van der Waals surface area contributed by atoms with Crippen LogP contribution in [0, 0.1) is 6.92 Å². The molecule has 1 heterocycles. The van der Waals surface area contributed by atoms with E-state index in [1.54, 1.807) is 35.1 Å². The molecule has 1 aromatic heterocycles. The highest BCUT2D eigenvalue weighted by atomic mass is 32.2. The molecular weight excluding hydrogens is 322 g/mol. The summed E-state index contributed by atoms with van der Waals surface area (Å²) in [4.78, 5) is 0.188. The number of hydrogen-bond donors (Lipinski definition) is 0. The molecule has 0 spiro atoms. The summed E-state index contributed by atoms with van der Waals surface area (Å²) in [6.07, 6.45) is 5.04. The van der Waals surface area contributed by atoms with Crippen molar-refractivity contribution in [2.24, 2.45) is 11.4 Å². The summed E-state index contributed by atoms with van der Waals surface area (Å²) < 4.78 is 30.0. The lowest BCUT2D eigenvalue weighted by Gasteiger charge is -2.01. The summed E-state index contributed by atoms with van der Waals surface area (Å²) in [5.41, 5.74) is 3.64. The Morgan fingerprint density at radius 1 is 1.08 bits per heavy atom. The number of sulfonamides is 1. The Hall–Kier alpha value is -2.73. The predicted molar refractivity (Wildman–Crippen MR) is 94.6 cm³/mol. The largest absolute Gasteiger partial charge is 0.282 e. The normalized spacial score (nSPS) is 11.9. The van der Waals surface area contributed by atoms with E-state index in [9.17, 15) is 8.42 Å². The molecule has 0 aliphatic rings. The number of aromatic nitrogens is 2. The molecule has 3 aromatic rings. The van der Waals surface area contributed by atoms with Crippen molar-refractivity contribution in [3.63, 3.8) is 0 Å². The molecule has 0 fully saturated rings. The minimum absolute atomic E-state index is 0.188. The van der Waals surface area contributed by atoms with Crippen LogP contribution < -0.4 is 0 Å². The molecule has 0 radical (unpaired) electrons. The van der Waals surface area contributed by atoms with E-state index in [0.29, 0.717) is 5.56 Å². The lowest BCUT2D eigenvalue weighted by atomic mass is 10.1. The second-order valence-corrected chi connectivity index (χ2v) is 7.18. The van der Waals surface area contributed by atoms with Crippen LogP contribution in [0.2, 0.25) is 0 Å². The summed E-state index contributed by atoms with van der Waals surface area (Å²) >= 11 is 0. The van der Waals surface area contributed by atoms with Crippen molar-refractivity contribution in [2.75, 3.05) is 0 Å². The van der Waals surface area contributed by atoms with E-state index in [1.165, 1.54) is 6.21 Å². The Kier molecular flexibility index (Phi) is 4.31. The minimum atomic E-state index is -3.70. The van der Waals surface area contributed by atoms with E-state index < -0.39 is 10.0 Å². The second-order valence-electron chi connectivity index (χ2n) is 5.55. The van der Waals surface area contributed by atoms with Crippen LogP contribution >= 0.6 is 0 Å². The third-order valence-corrected chi connectivity index (χ3v) is 4.84. The van der Waals surface area contributed by atoms with Gasteiger partial charge < -0.3 is 0 Å². The predicted octanol–water partition coefficient (Wildman–Crippen LogP) is 3.20. The summed E-state index contributed by atoms with van der Waals surface area (Å²) in [6, 6.07) is 14.1. The maximum Gasteiger partial charge on any atom is 0.282 e. The minimum Gasteiger partial charge on any atom is -0.275 e. The van der Waals surface area contributed by atoms with Crippen molar-refractivity contribution in [1.29, 1.82) is 0 Å². The second kappa shape index (κ2) is 6.41. The molecule has 122 valence electrons. The summed E-state index contributed by atoms with van der Waals surface area (Å²) in [6.45, 7) is 1.91. The molecule has 0 aliphatic heterocycles. The topological polar surface area (TPSA) is 64.3 Å². The molecule has 0 saturated heterocycles. The molecule has 0 unspecified atom stereocenters. The zero-order chi connectivity index (χ0) is 17.2. The van der Waals surface area contributed by atoms with Crippen molar-refractivity contribution in [1.82, 2.24) is 9.78 Å². The maximum absolute atomic E-state index is 12.3. The first-order valence-corrected chi connectivity index (χ1v) is 8.84. The Balaban J connectivity index is 1.88. The van der Waals surface area contributed by atoms with Crippen LogP contribution in [0.15, 0.2) is 70.2 Å². The SMILES string of the molecule is Cc1ccc(S(=O)(=O)/N=C/c2cccc(-c3cnn(C)c3)c2)cc1. The average molecular weight is 339 g/mol. The fourth-order valence-corrected chi connectivity index (χ4v) is 3.13. The van der Waals surface area contributed by atoms with E-state index in [4.69, 9.17) is 0 Å². The molecular formula is C18H17N3O2S. The van der Waals surface area contributed by atoms with Crippen molar-refractivity contribution in [3.05, 3.63) is 72.1 Å². The Labute approximate surface area is 141 Å². The first kappa shape index (κ1) is 16.1. The van der Waals surface area contributed by atoms with Gasteiger partial charge in [-0.1, -0.05) is 35.9 Å². The van der Waals surface area contributed by atoms with Crippen LogP contribution in [0.1, 0.15) is 11.1 Å². The van der Waals surface area contributed by atoms with Gasteiger partial charge in [0.1, 0.15) is 0 Å². The van der Waals surface area contributed by atoms with Gasteiger partial charge in [0.2, 0.25) is 0 Å². The van der Waals surface area contributed by atoms with Crippen molar-refractivity contribution in [2.45, 2.75) is 11.8 Å². The smallest absolute Gasteiger partial charge is 0.275 e. The molecule has 0 N–H and O–H groups in total. The molecule has 24 heavy (non-hydrogen) atoms. The number of benzene rings is 2. The molecule has 5 nitrogen and oxygen atoms in total. The third-order valence-electron chi connectivity index (χ3n) is 3.58. The van der Waals surface area contributed by atoms with Gasteiger partial charge in [0.05, 0.1) is 11.1 Å². The van der Waals surface area contributed by atoms with E-state index >= 15 is 0 Å². The van der Waals surface area contributed by atoms with E-state index in [1.807, 2.05) is 44.4 Å². The zero-order valence-electron chi connectivity index (χ0n) is 13.4. The standard InChI is InChI=1S/C18H17N3O2S/c1-14-6-8-18(9-7-14)24(22,23)20-11-15-4-3-5-16(10-15)17-12-19-21(2)13-17/h3-13H,1-2H3/b20-11+. The quantitative estimate of drug-likeness (QED) is 0.686. The Morgan fingerprint density at radius 3 is 2.50 bits per heavy atom. The zero-order valence-corrected chi connectivity index (χ0v) is 14.2. The molecule has 6 heteroatoms. The highest BCUT2D eigenvalue weighted by Gasteiger charge is 2.11. The number of nitrogens with zero attached hydrogens (tertiary/aromatic N) is 3. The van der Waals surface area contributed by atoms with Gasteiger partial charge in [0, 0.05) is 25.0 Å². The fraction of sp³-hybridized carbons (Fsp3) is 0.111. The maximum atomic E-state index is 12.3. The van der Waals surface area contributed by atoms with Gasteiger partial charge >= 0.3 is 0 Å². The number of hydrogen-bond acceptors (Lipinski definition) is 3. The fourth-order valence-electron chi connectivity index (χ4n) is 2.27. The van der Waals surface area contributed by atoms with E-state index in [0.717, 1.165) is 16.7 Å². The van der Waals surface area contributed by atoms with Gasteiger partial charge in [-0.2, -0.15) is 17.9 Å². The summed E-state index contributed by atoms with van der Waals surface area (Å²) in [5.74, 6) is 0. The Morgan fingerprint density at radius 2 is 1.83 bits per heavy atom. The van der Waals surface area contributed by atoms with Gasteiger partial charge in [0.15, 0.2) is 0 Å². The molecule has 0 saturated carbocycles. The van der Waals surface area contributed by atoms with Gasteiger partial charge in [-0.25, -0.2) is 0 Å². The van der Waals surface area contributed by atoms with Gasteiger partial charge in [-0.15, -0.1) is 0 Å². The van der Waals surface area contributed by atoms with Crippen LogP contribution in [0.4, 0.5) is 0 Å². The average Bonchev–Trinajstić information content (AvgIpc) is 3.00. The van der Waals surface area contributed by atoms with Crippen molar-refractivity contribution in [3.8, 4) is 11.1 Å². The highest BCUT2D eigenvalue weighted by Crippen LogP contribution is 2.19. The third kappa shape index (κ3) is 3.60. The molecule has 0 amide bonds. The van der Waals surface area contributed by atoms with Crippen LogP contribution in [0.25, 0.3) is 11.1 Å². The molecule has 0 aliphatic carbocycles.